The Morgan fingerprint density at radius 2 is 2.00 bits per heavy atom. The van der Waals surface area contributed by atoms with Gasteiger partial charge in [0, 0.05) is 19.2 Å². The van der Waals surface area contributed by atoms with Gasteiger partial charge >= 0.3 is 0 Å². The van der Waals surface area contributed by atoms with Gasteiger partial charge in [0.15, 0.2) is 0 Å². The summed E-state index contributed by atoms with van der Waals surface area (Å²) in [6.07, 6.45) is 0.624. The molecule has 19 heavy (non-hydrogen) atoms. The fourth-order valence-corrected chi connectivity index (χ4v) is 2.15. The van der Waals surface area contributed by atoms with E-state index in [1.54, 1.807) is 0 Å². The van der Waals surface area contributed by atoms with Crippen molar-refractivity contribution >= 4 is 5.91 Å². The van der Waals surface area contributed by atoms with E-state index in [-0.39, 0.29) is 18.6 Å². The van der Waals surface area contributed by atoms with Crippen LogP contribution >= 0.6 is 0 Å². The van der Waals surface area contributed by atoms with Crippen LogP contribution in [0.25, 0.3) is 0 Å². The van der Waals surface area contributed by atoms with E-state index in [1.165, 1.54) is 0 Å². The Morgan fingerprint density at radius 1 is 1.37 bits per heavy atom. The first-order valence-electron chi connectivity index (χ1n) is 6.53. The second-order valence-electron chi connectivity index (χ2n) is 4.73. The molecule has 0 aliphatic carbocycles. The van der Waals surface area contributed by atoms with Gasteiger partial charge < -0.3 is 5.11 Å². The molecule has 0 saturated carbocycles. The average molecular weight is 265 g/mol. The van der Waals surface area contributed by atoms with Crippen molar-refractivity contribution in [3.05, 3.63) is 35.9 Å². The molecule has 1 atom stereocenters. The van der Waals surface area contributed by atoms with Gasteiger partial charge in [-0.2, -0.15) is 0 Å². The maximum absolute atomic E-state index is 12.1. The number of aliphatic hydroxyl groups excluding tert-OH is 1. The first-order valence-corrected chi connectivity index (χ1v) is 6.53. The molecule has 1 unspecified atom stereocenters. The van der Waals surface area contributed by atoms with E-state index in [2.05, 4.69) is 5.43 Å². The molecule has 1 amide bonds. The van der Waals surface area contributed by atoms with Crippen molar-refractivity contribution in [3.8, 4) is 0 Å². The maximum Gasteiger partial charge on any atom is 0.255 e. The number of hydrogen-bond donors (Lipinski definition) is 3. The maximum atomic E-state index is 12.1. The van der Waals surface area contributed by atoms with Gasteiger partial charge in [-0.25, -0.2) is 5.84 Å². The second-order valence-corrected chi connectivity index (χ2v) is 4.73. The molecule has 0 aliphatic rings. The Balaban J connectivity index is 3.03. The number of hydrazine groups is 1. The zero-order valence-corrected chi connectivity index (χ0v) is 11.5. The number of nitrogens with one attached hydrogen (secondary N) is 1. The highest BCUT2D eigenvalue weighted by Gasteiger charge is 2.28. The smallest absolute Gasteiger partial charge is 0.255 e. The first-order chi connectivity index (χ1) is 9.11. The van der Waals surface area contributed by atoms with Crippen molar-refractivity contribution < 1.29 is 9.90 Å². The summed E-state index contributed by atoms with van der Waals surface area (Å²) in [5.41, 5.74) is 3.13. The predicted molar refractivity (Wildman–Crippen MR) is 75.1 cm³/mol. The van der Waals surface area contributed by atoms with E-state index in [9.17, 15) is 4.79 Å². The lowest BCUT2D eigenvalue weighted by Crippen LogP contribution is -2.46. The molecule has 1 rings (SSSR count). The molecule has 0 saturated heterocycles. The minimum atomic E-state index is -0.433. The molecule has 1 aromatic rings. The van der Waals surface area contributed by atoms with E-state index in [1.807, 2.05) is 49.1 Å². The van der Waals surface area contributed by atoms with Crippen molar-refractivity contribution in [3.63, 3.8) is 0 Å². The van der Waals surface area contributed by atoms with Crippen molar-refractivity contribution in [2.45, 2.75) is 32.4 Å². The molecule has 5 nitrogen and oxygen atoms in total. The van der Waals surface area contributed by atoms with Crippen LogP contribution in [0.2, 0.25) is 0 Å². The first kappa shape index (κ1) is 15.6. The van der Waals surface area contributed by atoms with Crippen molar-refractivity contribution in [1.82, 2.24) is 10.3 Å². The molecular weight excluding hydrogens is 242 g/mol. The van der Waals surface area contributed by atoms with Gasteiger partial charge in [-0.15, -0.1) is 0 Å². The lowest BCUT2D eigenvalue weighted by molar-refractivity contribution is -0.127. The summed E-state index contributed by atoms with van der Waals surface area (Å²) >= 11 is 0. The van der Waals surface area contributed by atoms with Crippen LogP contribution in [0, 0.1) is 0 Å². The van der Waals surface area contributed by atoms with Crippen LogP contribution < -0.4 is 11.3 Å². The third-order valence-electron chi connectivity index (χ3n) is 3.08. The summed E-state index contributed by atoms with van der Waals surface area (Å²) < 4.78 is 0. The van der Waals surface area contributed by atoms with Gasteiger partial charge in [-0.05, 0) is 25.8 Å². The summed E-state index contributed by atoms with van der Waals surface area (Å²) in [5.74, 6) is 5.06. The van der Waals surface area contributed by atoms with Crippen LogP contribution in [0.15, 0.2) is 30.3 Å². The Morgan fingerprint density at radius 3 is 2.47 bits per heavy atom. The predicted octanol–water partition coefficient (Wildman–Crippen LogP) is 0.810. The Labute approximate surface area is 114 Å². The van der Waals surface area contributed by atoms with Crippen LogP contribution in [-0.2, 0) is 4.79 Å². The van der Waals surface area contributed by atoms with Crippen molar-refractivity contribution in [2.75, 3.05) is 13.2 Å². The van der Waals surface area contributed by atoms with Crippen molar-refractivity contribution in [1.29, 1.82) is 0 Å². The molecule has 0 aliphatic heterocycles. The van der Waals surface area contributed by atoms with Crippen LogP contribution in [0.5, 0.6) is 0 Å². The fourth-order valence-electron chi connectivity index (χ4n) is 2.15. The number of benzene rings is 1. The SMILES string of the molecule is CC(C)N(CCCO)C(C(=O)NN)c1ccccc1. The minimum Gasteiger partial charge on any atom is -0.396 e. The number of carbonyl (C=O) groups is 1. The third kappa shape index (κ3) is 4.31. The molecule has 106 valence electrons. The number of rotatable bonds is 7. The quantitative estimate of drug-likeness (QED) is 0.387. The highest BCUT2D eigenvalue weighted by molar-refractivity contribution is 5.82. The molecule has 0 heterocycles. The number of hydrogen-bond acceptors (Lipinski definition) is 4. The standard InChI is InChI=1S/C14H23N3O2/c1-11(2)17(9-6-10-18)13(14(19)16-15)12-7-4-3-5-8-12/h3-5,7-8,11,13,18H,6,9-10,15H2,1-2H3,(H,16,19). The van der Waals surface area contributed by atoms with Crippen LogP contribution in [-0.4, -0.2) is 35.1 Å². The topological polar surface area (TPSA) is 78.6 Å². The highest BCUT2D eigenvalue weighted by Crippen LogP contribution is 2.23. The number of nitrogens with zero attached hydrogens (tertiary/aromatic N) is 1. The average Bonchev–Trinajstić information content (AvgIpc) is 2.43. The molecule has 0 spiro atoms. The molecule has 4 N–H and O–H groups in total. The Hall–Kier alpha value is -1.43. The second kappa shape index (κ2) is 7.89. The van der Waals surface area contributed by atoms with Gasteiger partial charge in [0.05, 0.1) is 0 Å². The van der Waals surface area contributed by atoms with Crippen molar-refractivity contribution in [2.24, 2.45) is 5.84 Å². The van der Waals surface area contributed by atoms with Gasteiger partial charge in [0.25, 0.3) is 5.91 Å². The molecule has 0 aromatic heterocycles. The fraction of sp³-hybridized carbons (Fsp3) is 0.500. The van der Waals surface area contributed by atoms with E-state index >= 15 is 0 Å². The van der Waals surface area contributed by atoms with E-state index < -0.39 is 6.04 Å². The van der Waals surface area contributed by atoms with Crippen LogP contribution in [0.3, 0.4) is 0 Å². The monoisotopic (exact) mass is 265 g/mol. The number of amides is 1. The van der Waals surface area contributed by atoms with Gasteiger partial charge in [-0.3, -0.25) is 15.1 Å². The van der Waals surface area contributed by atoms with E-state index in [4.69, 9.17) is 10.9 Å². The molecule has 0 bridgehead atoms. The van der Waals surface area contributed by atoms with E-state index in [0.717, 1.165) is 5.56 Å². The minimum absolute atomic E-state index is 0.106. The van der Waals surface area contributed by atoms with Gasteiger partial charge in [0.1, 0.15) is 6.04 Å². The highest BCUT2D eigenvalue weighted by atomic mass is 16.3. The number of aliphatic hydroxyl groups is 1. The Kier molecular flexibility index (Phi) is 6.49. The van der Waals surface area contributed by atoms with Gasteiger partial charge in [-0.1, -0.05) is 30.3 Å². The lowest BCUT2D eigenvalue weighted by Gasteiger charge is -2.33. The zero-order chi connectivity index (χ0) is 14.3. The normalized spacial score (nSPS) is 12.7. The lowest BCUT2D eigenvalue weighted by atomic mass is 10.0. The largest absolute Gasteiger partial charge is 0.396 e. The molecule has 5 heteroatoms. The van der Waals surface area contributed by atoms with Gasteiger partial charge in [0.2, 0.25) is 0 Å². The summed E-state index contributed by atoms with van der Waals surface area (Å²) in [4.78, 5) is 14.1. The summed E-state index contributed by atoms with van der Waals surface area (Å²) in [7, 11) is 0. The summed E-state index contributed by atoms with van der Waals surface area (Å²) in [5, 5.41) is 8.99. The van der Waals surface area contributed by atoms with Crippen LogP contribution in [0.1, 0.15) is 31.9 Å². The molecule has 0 fully saturated rings. The number of nitrogens with two attached hydrogens (primary N) is 1. The number of carbonyl (C=O) groups excluding carboxylic acids is 1. The third-order valence-corrected chi connectivity index (χ3v) is 3.08. The summed E-state index contributed by atoms with van der Waals surface area (Å²) in [6, 6.07) is 9.27. The van der Waals surface area contributed by atoms with Crippen LogP contribution in [0.4, 0.5) is 0 Å². The zero-order valence-electron chi connectivity index (χ0n) is 11.5. The molecule has 0 radical (unpaired) electrons. The summed E-state index contributed by atoms with van der Waals surface area (Å²) in [6.45, 7) is 4.80. The van der Waals surface area contributed by atoms with E-state index in [0.29, 0.717) is 13.0 Å². The molecular formula is C14H23N3O2. The Bertz CT molecular complexity index is 382. The molecule has 1 aromatic carbocycles.